The summed E-state index contributed by atoms with van der Waals surface area (Å²) in [6.45, 7) is 4.18. The number of carbonyl (C=O) groups excluding carboxylic acids is 1. The summed E-state index contributed by atoms with van der Waals surface area (Å²) in [5.74, 6) is 0.461. The van der Waals surface area contributed by atoms with Crippen LogP contribution in [0.1, 0.15) is 18.1 Å². The lowest BCUT2D eigenvalue weighted by molar-refractivity contribution is -0.113. The summed E-state index contributed by atoms with van der Waals surface area (Å²) in [6, 6.07) is 16.1. The van der Waals surface area contributed by atoms with E-state index in [9.17, 15) is 4.79 Å². The zero-order valence-corrected chi connectivity index (χ0v) is 12.7. The first kappa shape index (κ1) is 14.7. The van der Waals surface area contributed by atoms with E-state index in [2.05, 4.69) is 25.2 Å². The number of rotatable bonds is 5. The second-order valence-corrected chi connectivity index (χ2v) is 5.67. The zero-order chi connectivity index (χ0) is 14.4. The molecule has 0 saturated carbocycles. The van der Waals surface area contributed by atoms with Crippen molar-refractivity contribution in [3.8, 4) is 0 Å². The Labute approximate surface area is 124 Å². The van der Waals surface area contributed by atoms with Gasteiger partial charge in [0.15, 0.2) is 0 Å². The Morgan fingerprint density at radius 3 is 2.45 bits per heavy atom. The standard InChI is InChI=1S/C17H19NOS/c1-3-14-8-10-15(11-9-14)18-17(19)12-20-16-7-5-4-6-13(16)2/h4-11H,3,12H2,1-2H3,(H,18,19). The monoisotopic (exact) mass is 285 g/mol. The molecule has 2 aromatic rings. The summed E-state index contributed by atoms with van der Waals surface area (Å²) in [7, 11) is 0. The highest BCUT2D eigenvalue weighted by Gasteiger charge is 2.05. The van der Waals surface area contributed by atoms with Gasteiger partial charge in [0, 0.05) is 10.6 Å². The first-order valence-electron chi connectivity index (χ1n) is 6.76. The molecular weight excluding hydrogens is 266 g/mol. The van der Waals surface area contributed by atoms with Crippen LogP contribution in [0.5, 0.6) is 0 Å². The third kappa shape index (κ3) is 4.14. The van der Waals surface area contributed by atoms with Gasteiger partial charge in [-0.3, -0.25) is 4.79 Å². The average Bonchev–Trinajstić information content (AvgIpc) is 2.47. The maximum Gasteiger partial charge on any atom is 0.234 e. The van der Waals surface area contributed by atoms with Gasteiger partial charge in [0.1, 0.15) is 0 Å². The van der Waals surface area contributed by atoms with E-state index in [4.69, 9.17) is 0 Å². The van der Waals surface area contributed by atoms with Crippen molar-refractivity contribution in [1.29, 1.82) is 0 Å². The lowest BCUT2D eigenvalue weighted by atomic mass is 10.1. The molecule has 2 aromatic carbocycles. The number of hydrogen-bond acceptors (Lipinski definition) is 2. The van der Waals surface area contributed by atoms with E-state index in [0.29, 0.717) is 5.75 Å². The minimum absolute atomic E-state index is 0.0301. The van der Waals surface area contributed by atoms with Gasteiger partial charge in [0.05, 0.1) is 5.75 Å². The number of benzene rings is 2. The number of thioether (sulfide) groups is 1. The van der Waals surface area contributed by atoms with Crippen molar-refractivity contribution in [2.45, 2.75) is 25.2 Å². The molecule has 0 fully saturated rings. The van der Waals surface area contributed by atoms with E-state index in [0.717, 1.165) is 17.0 Å². The maximum absolute atomic E-state index is 11.9. The minimum Gasteiger partial charge on any atom is -0.325 e. The molecule has 20 heavy (non-hydrogen) atoms. The minimum atomic E-state index is 0.0301. The largest absolute Gasteiger partial charge is 0.325 e. The van der Waals surface area contributed by atoms with Crippen LogP contribution in [0.4, 0.5) is 5.69 Å². The second-order valence-electron chi connectivity index (χ2n) is 4.65. The van der Waals surface area contributed by atoms with Crippen molar-refractivity contribution in [2.75, 3.05) is 11.1 Å². The molecule has 0 aliphatic rings. The van der Waals surface area contributed by atoms with Crippen molar-refractivity contribution in [2.24, 2.45) is 0 Å². The average molecular weight is 285 g/mol. The van der Waals surface area contributed by atoms with Gasteiger partial charge in [-0.2, -0.15) is 0 Å². The van der Waals surface area contributed by atoms with Gasteiger partial charge >= 0.3 is 0 Å². The van der Waals surface area contributed by atoms with Crippen LogP contribution in [0.2, 0.25) is 0 Å². The Balaban J connectivity index is 1.87. The van der Waals surface area contributed by atoms with Crippen molar-refractivity contribution in [1.82, 2.24) is 0 Å². The van der Waals surface area contributed by atoms with Crippen LogP contribution in [0.3, 0.4) is 0 Å². The highest BCUT2D eigenvalue weighted by atomic mass is 32.2. The molecule has 0 spiro atoms. The number of aryl methyl sites for hydroxylation is 2. The van der Waals surface area contributed by atoms with E-state index in [-0.39, 0.29) is 5.91 Å². The molecule has 0 unspecified atom stereocenters. The van der Waals surface area contributed by atoms with Gasteiger partial charge in [-0.25, -0.2) is 0 Å². The first-order valence-corrected chi connectivity index (χ1v) is 7.75. The normalized spacial score (nSPS) is 10.3. The molecular formula is C17H19NOS. The van der Waals surface area contributed by atoms with E-state index in [1.807, 2.05) is 42.5 Å². The fourth-order valence-electron chi connectivity index (χ4n) is 1.88. The van der Waals surface area contributed by atoms with E-state index >= 15 is 0 Å². The Bertz CT molecular complexity index is 578. The van der Waals surface area contributed by atoms with Gasteiger partial charge < -0.3 is 5.32 Å². The predicted octanol–water partition coefficient (Wildman–Crippen LogP) is 4.29. The highest BCUT2D eigenvalue weighted by molar-refractivity contribution is 8.00. The summed E-state index contributed by atoms with van der Waals surface area (Å²) in [4.78, 5) is 13.1. The van der Waals surface area contributed by atoms with E-state index in [1.54, 1.807) is 11.8 Å². The maximum atomic E-state index is 11.9. The molecule has 1 amide bonds. The molecule has 0 heterocycles. The van der Waals surface area contributed by atoms with Gasteiger partial charge in [-0.15, -0.1) is 11.8 Å². The SMILES string of the molecule is CCc1ccc(NC(=O)CSc2ccccc2C)cc1. The summed E-state index contributed by atoms with van der Waals surface area (Å²) in [5, 5.41) is 2.92. The highest BCUT2D eigenvalue weighted by Crippen LogP contribution is 2.22. The number of amides is 1. The number of nitrogens with one attached hydrogen (secondary N) is 1. The third-order valence-corrected chi connectivity index (χ3v) is 4.27. The van der Waals surface area contributed by atoms with Crippen LogP contribution < -0.4 is 5.32 Å². The van der Waals surface area contributed by atoms with Crippen LogP contribution >= 0.6 is 11.8 Å². The molecule has 1 N–H and O–H groups in total. The lowest BCUT2D eigenvalue weighted by Crippen LogP contribution is -2.14. The predicted molar refractivity (Wildman–Crippen MR) is 86.4 cm³/mol. The summed E-state index contributed by atoms with van der Waals surface area (Å²) >= 11 is 1.57. The first-order chi connectivity index (χ1) is 9.69. The molecule has 0 atom stereocenters. The smallest absolute Gasteiger partial charge is 0.234 e. The van der Waals surface area contributed by atoms with Crippen LogP contribution in [-0.2, 0) is 11.2 Å². The Morgan fingerprint density at radius 2 is 1.80 bits per heavy atom. The van der Waals surface area contributed by atoms with Crippen LogP contribution in [0, 0.1) is 6.92 Å². The molecule has 0 aliphatic carbocycles. The molecule has 0 aromatic heterocycles. The zero-order valence-electron chi connectivity index (χ0n) is 11.8. The fraction of sp³-hybridized carbons (Fsp3) is 0.235. The van der Waals surface area contributed by atoms with Crippen LogP contribution in [0.25, 0.3) is 0 Å². The third-order valence-electron chi connectivity index (χ3n) is 3.10. The molecule has 0 radical (unpaired) electrons. The van der Waals surface area contributed by atoms with Crippen LogP contribution in [0.15, 0.2) is 53.4 Å². The summed E-state index contributed by atoms with van der Waals surface area (Å²) in [5.41, 5.74) is 3.34. The van der Waals surface area contributed by atoms with Gasteiger partial charge in [-0.1, -0.05) is 37.3 Å². The molecule has 0 saturated heterocycles. The molecule has 0 aliphatic heterocycles. The van der Waals surface area contributed by atoms with Crippen LogP contribution in [-0.4, -0.2) is 11.7 Å². The molecule has 2 rings (SSSR count). The van der Waals surface area contributed by atoms with Crippen molar-refractivity contribution in [3.05, 3.63) is 59.7 Å². The Morgan fingerprint density at radius 1 is 1.10 bits per heavy atom. The van der Waals surface area contributed by atoms with E-state index in [1.165, 1.54) is 11.1 Å². The van der Waals surface area contributed by atoms with Gasteiger partial charge in [0.25, 0.3) is 0 Å². The quantitative estimate of drug-likeness (QED) is 0.830. The topological polar surface area (TPSA) is 29.1 Å². The van der Waals surface area contributed by atoms with Gasteiger partial charge in [-0.05, 0) is 42.7 Å². The second kappa shape index (κ2) is 7.15. The number of anilines is 1. The Hall–Kier alpha value is -1.74. The number of carbonyl (C=O) groups is 1. The number of hydrogen-bond donors (Lipinski definition) is 1. The molecule has 3 heteroatoms. The van der Waals surface area contributed by atoms with E-state index < -0.39 is 0 Å². The fourth-order valence-corrected chi connectivity index (χ4v) is 2.71. The molecule has 0 bridgehead atoms. The molecule has 104 valence electrons. The Kier molecular flexibility index (Phi) is 5.24. The van der Waals surface area contributed by atoms with Crippen molar-refractivity contribution >= 4 is 23.4 Å². The van der Waals surface area contributed by atoms with Crippen molar-refractivity contribution in [3.63, 3.8) is 0 Å². The van der Waals surface area contributed by atoms with Crippen molar-refractivity contribution < 1.29 is 4.79 Å². The molecule has 2 nitrogen and oxygen atoms in total. The summed E-state index contributed by atoms with van der Waals surface area (Å²) < 4.78 is 0. The lowest BCUT2D eigenvalue weighted by Gasteiger charge is -2.07. The summed E-state index contributed by atoms with van der Waals surface area (Å²) in [6.07, 6.45) is 1.01. The van der Waals surface area contributed by atoms with Gasteiger partial charge in [0.2, 0.25) is 5.91 Å².